The van der Waals surface area contributed by atoms with E-state index in [-0.39, 0.29) is 36.0 Å². The average Bonchev–Trinajstić information content (AvgIpc) is 3.02. The topological polar surface area (TPSA) is 99.7 Å². The van der Waals surface area contributed by atoms with Gasteiger partial charge >= 0.3 is 6.18 Å². The van der Waals surface area contributed by atoms with E-state index >= 15 is 0 Å². The summed E-state index contributed by atoms with van der Waals surface area (Å²) in [5.41, 5.74) is 0.679. The molecule has 4 aromatic rings. The molecule has 0 aromatic heterocycles. The Kier molecular flexibility index (Phi) is 11.4. The normalized spacial score (nSPS) is 13.4. The van der Waals surface area contributed by atoms with Crippen LogP contribution in [-0.2, 0) is 12.7 Å². The first kappa shape index (κ1) is 34.1. The quantitative estimate of drug-likeness (QED) is 0.138. The van der Waals surface area contributed by atoms with Crippen molar-refractivity contribution in [2.24, 2.45) is 0 Å². The Bertz CT molecular complexity index is 1610. The number of aliphatic hydroxyl groups excluding tert-OH is 1. The summed E-state index contributed by atoms with van der Waals surface area (Å²) in [6.45, 7) is 1.18. The highest BCUT2D eigenvalue weighted by Crippen LogP contribution is 2.29. The first-order chi connectivity index (χ1) is 21.9. The van der Waals surface area contributed by atoms with Gasteiger partial charge in [-0.25, -0.2) is 8.78 Å². The van der Waals surface area contributed by atoms with Crippen LogP contribution in [0.25, 0.3) is 0 Å². The molecule has 4 aromatic carbocycles. The number of hydrogen-bond donors (Lipinski definition) is 4. The van der Waals surface area contributed by atoms with Crippen molar-refractivity contribution >= 4 is 11.8 Å². The third-order valence-electron chi connectivity index (χ3n) is 7.02. The second kappa shape index (κ2) is 15.5. The molecule has 0 aliphatic heterocycles. The van der Waals surface area contributed by atoms with E-state index in [9.17, 15) is 36.6 Å². The van der Waals surface area contributed by atoms with Crippen molar-refractivity contribution in [2.75, 3.05) is 13.2 Å². The Morgan fingerprint density at radius 3 is 2.09 bits per heavy atom. The second-order valence-electron chi connectivity index (χ2n) is 10.6. The van der Waals surface area contributed by atoms with Gasteiger partial charge in [-0.3, -0.25) is 9.59 Å². The summed E-state index contributed by atoms with van der Waals surface area (Å²) in [4.78, 5) is 26.2. The Labute approximate surface area is 262 Å². The molecule has 7 nitrogen and oxygen atoms in total. The Morgan fingerprint density at radius 1 is 0.804 bits per heavy atom. The minimum absolute atomic E-state index is 0.0316. The summed E-state index contributed by atoms with van der Waals surface area (Å²) in [6, 6.07) is 20.9. The van der Waals surface area contributed by atoms with Gasteiger partial charge in [-0.15, -0.1) is 0 Å². The number of ether oxygens (including phenoxy) is 1. The van der Waals surface area contributed by atoms with Crippen LogP contribution in [0.1, 0.15) is 50.4 Å². The van der Waals surface area contributed by atoms with Gasteiger partial charge in [-0.1, -0.05) is 54.6 Å². The van der Waals surface area contributed by atoms with E-state index in [0.29, 0.717) is 11.6 Å². The third kappa shape index (κ3) is 9.85. The number of hydrogen-bond acceptors (Lipinski definition) is 5. The maximum atomic E-state index is 13.7. The number of aliphatic hydroxyl groups is 1. The molecule has 0 aliphatic carbocycles. The van der Waals surface area contributed by atoms with Crippen molar-refractivity contribution in [1.29, 1.82) is 0 Å². The summed E-state index contributed by atoms with van der Waals surface area (Å²) in [5.74, 6) is -3.07. The second-order valence-corrected chi connectivity index (χ2v) is 10.6. The molecular formula is C34H32F5N3O4. The monoisotopic (exact) mass is 641 g/mol. The zero-order valence-electron chi connectivity index (χ0n) is 24.7. The van der Waals surface area contributed by atoms with E-state index in [4.69, 9.17) is 4.74 Å². The lowest BCUT2D eigenvalue weighted by molar-refractivity contribution is -0.137. The fourth-order valence-corrected chi connectivity index (χ4v) is 4.57. The summed E-state index contributed by atoms with van der Waals surface area (Å²) >= 11 is 0. The van der Waals surface area contributed by atoms with E-state index in [1.807, 2.05) is 37.3 Å². The molecule has 0 saturated carbocycles. The van der Waals surface area contributed by atoms with Crippen LogP contribution in [0.15, 0.2) is 97.1 Å². The van der Waals surface area contributed by atoms with E-state index < -0.39 is 53.9 Å². The molecule has 46 heavy (non-hydrogen) atoms. The van der Waals surface area contributed by atoms with Gasteiger partial charge in [0.05, 0.1) is 23.8 Å². The molecule has 0 aliphatic rings. The van der Waals surface area contributed by atoms with Gasteiger partial charge in [-0.2, -0.15) is 13.2 Å². The molecule has 242 valence electrons. The Hall–Kier alpha value is -4.81. The lowest BCUT2D eigenvalue weighted by Gasteiger charge is -2.25. The van der Waals surface area contributed by atoms with Crippen LogP contribution in [-0.4, -0.2) is 42.2 Å². The molecule has 3 atom stereocenters. The predicted octanol–water partition coefficient (Wildman–Crippen LogP) is 5.80. The summed E-state index contributed by atoms with van der Waals surface area (Å²) in [7, 11) is 0. The molecule has 0 heterocycles. The van der Waals surface area contributed by atoms with Gasteiger partial charge in [0.1, 0.15) is 24.0 Å². The van der Waals surface area contributed by atoms with Gasteiger partial charge in [0, 0.05) is 42.4 Å². The molecule has 0 saturated heterocycles. The third-order valence-corrected chi connectivity index (χ3v) is 7.02. The van der Waals surface area contributed by atoms with Crippen molar-refractivity contribution in [1.82, 2.24) is 16.0 Å². The van der Waals surface area contributed by atoms with Crippen LogP contribution in [0.3, 0.4) is 0 Å². The van der Waals surface area contributed by atoms with Crippen molar-refractivity contribution in [3.8, 4) is 5.75 Å². The summed E-state index contributed by atoms with van der Waals surface area (Å²) in [5, 5.41) is 19.3. The molecule has 4 rings (SSSR count). The van der Waals surface area contributed by atoms with Gasteiger partial charge < -0.3 is 25.8 Å². The van der Waals surface area contributed by atoms with E-state index in [1.165, 1.54) is 36.4 Å². The number of carbonyl (C=O) groups excluding carboxylic acids is 2. The van der Waals surface area contributed by atoms with Gasteiger partial charge in [0.25, 0.3) is 11.8 Å². The van der Waals surface area contributed by atoms with Crippen molar-refractivity contribution in [2.45, 2.75) is 37.8 Å². The molecule has 0 fully saturated rings. The molecule has 4 N–H and O–H groups in total. The van der Waals surface area contributed by atoms with Crippen LogP contribution in [0.4, 0.5) is 22.0 Å². The number of halogens is 5. The fourth-order valence-electron chi connectivity index (χ4n) is 4.57. The van der Waals surface area contributed by atoms with Crippen LogP contribution in [0.2, 0.25) is 0 Å². The number of benzene rings is 4. The standard InChI is InChI=1S/C34H32F5N3O4/c1-21(23-8-3-2-4-9-23)41-32(44)24-10-6-11-25(14-24)33(45)42-30(20-46-29-16-27(35)15-28(36)17-29)31(43)19-40-18-22-7-5-12-26(13-22)34(37,38)39/h2-17,21,30-31,40,43H,18-20H2,1H3,(H,41,44)(H,42,45)/t21-,30+,31-/m1/s1. The summed E-state index contributed by atoms with van der Waals surface area (Å²) in [6.07, 6.45) is -5.87. The van der Waals surface area contributed by atoms with E-state index in [2.05, 4.69) is 16.0 Å². The number of nitrogens with one attached hydrogen (secondary N) is 3. The molecule has 0 spiro atoms. The van der Waals surface area contributed by atoms with E-state index in [1.54, 1.807) is 0 Å². The SMILES string of the molecule is C[C@@H](NC(=O)c1cccc(C(=O)N[C@@H](COc2cc(F)cc(F)c2)[C@H](O)CNCc2cccc(C(F)(F)F)c2)c1)c1ccccc1. The van der Waals surface area contributed by atoms with Crippen LogP contribution >= 0.6 is 0 Å². The minimum Gasteiger partial charge on any atom is -0.491 e. The maximum absolute atomic E-state index is 13.7. The summed E-state index contributed by atoms with van der Waals surface area (Å²) < 4.78 is 72.1. The molecule has 2 amide bonds. The van der Waals surface area contributed by atoms with Gasteiger partial charge in [-0.05, 0) is 42.3 Å². The van der Waals surface area contributed by atoms with Crippen molar-refractivity contribution in [3.05, 3.63) is 137 Å². The molecule has 0 radical (unpaired) electrons. The Morgan fingerprint density at radius 2 is 1.43 bits per heavy atom. The lowest BCUT2D eigenvalue weighted by atomic mass is 10.1. The van der Waals surface area contributed by atoms with Gasteiger partial charge in [0.15, 0.2) is 0 Å². The smallest absolute Gasteiger partial charge is 0.416 e. The predicted molar refractivity (Wildman–Crippen MR) is 161 cm³/mol. The van der Waals surface area contributed by atoms with Crippen molar-refractivity contribution < 1.29 is 41.4 Å². The highest BCUT2D eigenvalue weighted by Gasteiger charge is 2.30. The average molecular weight is 642 g/mol. The van der Waals surface area contributed by atoms with Crippen LogP contribution < -0.4 is 20.7 Å². The van der Waals surface area contributed by atoms with Crippen molar-refractivity contribution in [3.63, 3.8) is 0 Å². The Balaban J connectivity index is 1.44. The van der Waals surface area contributed by atoms with Gasteiger partial charge in [0.2, 0.25) is 0 Å². The molecule has 12 heteroatoms. The fraction of sp³-hybridized carbons (Fsp3) is 0.235. The number of amides is 2. The zero-order valence-corrected chi connectivity index (χ0v) is 24.7. The zero-order chi connectivity index (χ0) is 33.3. The largest absolute Gasteiger partial charge is 0.491 e. The number of carbonyl (C=O) groups is 2. The van der Waals surface area contributed by atoms with E-state index in [0.717, 1.165) is 29.8 Å². The van der Waals surface area contributed by atoms with Crippen LogP contribution in [0, 0.1) is 11.6 Å². The number of alkyl halides is 3. The first-order valence-corrected chi connectivity index (χ1v) is 14.3. The van der Waals surface area contributed by atoms with Crippen LogP contribution in [0.5, 0.6) is 5.75 Å². The maximum Gasteiger partial charge on any atom is 0.416 e. The molecular weight excluding hydrogens is 609 g/mol. The highest BCUT2D eigenvalue weighted by molar-refractivity contribution is 5.99. The molecule has 0 bridgehead atoms. The molecule has 0 unspecified atom stereocenters. The lowest BCUT2D eigenvalue weighted by Crippen LogP contribution is -2.50. The first-order valence-electron chi connectivity index (χ1n) is 14.3. The minimum atomic E-state index is -4.52. The number of rotatable bonds is 13. The highest BCUT2D eigenvalue weighted by atomic mass is 19.4.